The van der Waals surface area contributed by atoms with Crippen molar-refractivity contribution in [2.75, 3.05) is 31.6 Å². The number of morpholine rings is 1. The van der Waals surface area contributed by atoms with Gasteiger partial charge in [-0.2, -0.15) is 0 Å². The molecule has 2 heterocycles. The number of anilines is 1. The summed E-state index contributed by atoms with van der Waals surface area (Å²) in [7, 11) is 0. The molecule has 98 valence electrons. The van der Waals surface area contributed by atoms with Crippen LogP contribution in [0.25, 0.3) is 0 Å². The van der Waals surface area contributed by atoms with Crippen LogP contribution in [0.5, 0.6) is 0 Å². The predicted molar refractivity (Wildman–Crippen MR) is 69.6 cm³/mol. The highest BCUT2D eigenvalue weighted by Gasteiger charge is 2.20. The lowest BCUT2D eigenvalue weighted by Gasteiger charge is -2.26. The number of halogens is 1. The average Bonchev–Trinajstić information content (AvgIpc) is 2.36. The van der Waals surface area contributed by atoms with Crippen molar-refractivity contribution in [3.05, 3.63) is 22.8 Å². The van der Waals surface area contributed by atoms with Crippen LogP contribution < -0.4 is 5.32 Å². The Balaban J connectivity index is 2.11. The Labute approximate surface area is 111 Å². The Kier molecular flexibility index (Phi) is 4.38. The van der Waals surface area contributed by atoms with Gasteiger partial charge in [0.25, 0.3) is 0 Å². The number of hydrogen-bond donors (Lipinski definition) is 1. The molecule has 0 aliphatic carbocycles. The van der Waals surface area contributed by atoms with Crippen molar-refractivity contribution in [1.29, 1.82) is 0 Å². The zero-order valence-corrected chi connectivity index (χ0v) is 11.0. The van der Waals surface area contributed by atoms with Crippen LogP contribution in [0.15, 0.2) is 12.1 Å². The SMILES string of the molecule is CCNc1ccc(Cl)c(CN2CCOCC2=O)n1. The van der Waals surface area contributed by atoms with Gasteiger partial charge in [-0.15, -0.1) is 0 Å². The Bertz CT molecular complexity index is 439. The van der Waals surface area contributed by atoms with Crippen molar-refractivity contribution in [2.24, 2.45) is 0 Å². The van der Waals surface area contributed by atoms with Gasteiger partial charge < -0.3 is 15.0 Å². The van der Waals surface area contributed by atoms with Gasteiger partial charge in [0.2, 0.25) is 5.91 Å². The van der Waals surface area contributed by atoms with E-state index in [0.717, 1.165) is 12.4 Å². The van der Waals surface area contributed by atoms with Gasteiger partial charge in [0.15, 0.2) is 0 Å². The summed E-state index contributed by atoms with van der Waals surface area (Å²) >= 11 is 6.10. The third-order valence-electron chi connectivity index (χ3n) is 2.70. The van der Waals surface area contributed by atoms with Gasteiger partial charge in [0, 0.05) is 13.1 Å². The summed E-state index contributed by atoms with van der Waals surface area (Å²) in [5.41, 5.74) is 0.713. The quantitative estimate of drug-likeness (QED) is 0.901. The lowest BCUT2D eigenvalue weighted by molar-refractivity contribution is -0.143. The van der Waals surface area contributed by atoms with Crippen LogP contribution in [0.4, 0.5) is 5.82 Å². The first kappa shape index (κ1) is 13.1. The second-order valence-electron chi connectivity index (χ2n) is 4.02. The first-order valence-electron chi connectivity index (χ1n) is 5.95. The van der Waals surface area contributed by atoms with Crippen molar-refractivity contribution in [3.63, 3.8) is 0 Å². The second kappa shape index (κ2) is 6.02. The number of carbonyl (C=O) groups is 1. The van der Waals surface area contributed by atoms with Crippen LogP contribution in [0.1, 0.15) is 12.6 Å². The Hall–Kier alpha value is -1.33. The second-order valence-corrected chi connectivity index (χ2v) is 4.43. The summed E-state index contributed by atoms with van der Waals surface area (Å²) in [6.07, 6.45) is 0. The molecule has 0 unspecified atom stereocenters. The van der Waals surface area contributed by atoms with Gasteiger partial charge in [0.1, 0.15) is 12.4 Å². The third kappa shape index (κ3) is 3.11. The lowest BCUT2D eigenvalue weighted by atomic mass is 10.3. The topological polar surface area (TPSA) is 54.5 Å². The molecule has 0 bridgehead atoms. The van der Waals surface area contributed by atoms with Gasteiger partial charge in [-0.05, 0) is 19.1 Å². The maximum absolute atomic E-state index is 11.6. The number of amides is 1. The van der Waals surface area contributed by atoms with Crippen molar-refractivity contribution < 1.29 is 9.53 Å². The lowest BCUT2D eigenvalue weighted by Crippen LogP contribution is -2.41. The molecule has 0 saturated carbocycles. The molecule has 18 heavy (non-hydrogen) atoms. The van der Waals surface area contributed by atoms with Gasteiger partial charge in [0.05, 0.1) is 23.9 Å². The molecule has 1 amide bonds. The van der Waals surface area contributed by atoms with Gasteiger partial charge in [-0.1, -0.05) is 11.6 Å². The molecule has 0 radical (unpaired) electrons. The maximum atomic E-state index is 11.6. The van der Waals surface area contributed by atoms with Gasteiger partial charge in [-0.3, -0.25) is 4.79 Å². The van der Waals surface area contributed by atoms with E-state index in [1.54, 1.807) is 11.0 Å². The summed E-state index contributed by atoms with van der Waals surface area (Å²) in [5, 5.41) is 3.71. The summed E-state index contributed by atoms with van der Waals surface area (Å²) in [6, 6.07) is 3.63. The van der Waals surface area contributed by atoms with Crippen molar-refractivity contribution in [3.8, 4) is 0 Å². The van der Waals surface area contributed by atoms with Crippen LogP contribution in [0.3, 0.4) is 0 Å². The molecular weight excluding hydrogens is 254 g/mol. The van der Waals surface area contributed by atoms with E-state index >= 15 is 0 Å². The maximum Gasteiger partial charge on any atom is 0.249 e. The summed E-state index contributed by atoms with van der Waals surface area (Å²) in [5.74, 6) is 0.755. The van der Waals surface area contributed by atoms with E-state index in [0.29, 0.717) is 30.4 Å². The third-order valence-corrected chi connectivity index (χ3v) is 3.05. The number of pyridine rings is 1. The van der Waals surface area contributed by atoms with E-state index in [2.05, 4.69) is 10.3 Å². The zero-order chi connectivity index (χ0) is 13.0. The van der Waals surface area contributed by atoms with E-state index in [1.807, 2.05) is 13.0 Å². The molecule has 2 rings (SSSR count). The smallest absolute Gasteiger partial charge is 0.249 e. The summed E-state index contributed by atoms with van der Waals surface area (Å²) < 4.78 is 5.09. The van der Waals surface area contributed by atoms with E-state index in [1.165, 1.54) is 0 Å². The van der Waals surface area contributed by atoms with Crippen LogP contribution >= 0.6 is 11.6 Å². The highest BCUT2D eigenvalue weighted by Crippen LogP contribution is 2.19. The predicted octanol–water partition coefficient (Wildman–Crippen LogP) is 1.53. The van der Waals surface area contributed by atoms with E-state index in [-0.39, 0.29) is 12.5 Å². The standard InChI is InChI=1S/C12H16ClN3O2/c1-2-14-11-4-3-9(13)10(15-11)7-16-5-6-18-8-12(16)17/h3-4H,2,5-8H2,1H3,(H,14,15). The molecule has 0 aromatic carbocycles. The highest BCUT2D eigenvalue weighted by molar-refractivity contribution is 6.31. The van der Waals surface area contributed by atoms with Gasteiger partial charge >= 0.3 is 0 Å². The molecule has 1 aromatic rings. The largest absolute Gasteiger partial charge is 0.370 e. The fraction of sp³-hybridized carbons (Fsp3) is 0.500. The zero-order valence-electron chi connectivity index (χ0n) is 10.3. The molecule has 6 heteroatoms. The molecule has 5 nitrogen and oxygen atoms in total. The minimum absolute atomic E-state index is 0.0204. The van der Waals surface area contributed by atoms with Crippen molar-refractivity contribution in [2.45, 2.75) is 13.5 Å². The van der Waals surface area contributed by atoms with Crippen LogP contribution in [-0.4, -0.2) is 42.1 Å². The molecule has 1 fully saturated rings. The average molecular weight is 270 g/mol. The van der Waals surface area contributed by atoms with Crippen LogP contribution in [0.2, 0.25) is 5.02 Å². The highest BCUT2D eigenvalue weighted by atomic mass is 35.5. The molecule has 1 aromatic heterocycles. The van der Waals surface area contributed by atoms with E-state index < -0.39 is 0 Å². The molecule has 1 saturated heterocycles. The van der Waals surface area contributed by atoms with E-state index in [4.69, 9.17) is 16.3 Å². The van der Waals surface area contributed by atoms with E-state index in [9.17, 15) is 4.79 Å². The number of nitrogens with zero attached hydrogens (tertiary/aromatic N) is 2. The number of nitrogens with one attached hydrogen (secondary N) is 1. The normalized spacial score (nSPS) is 15.9. The number of ether oxygens (including phenoxy) is 1. The molecule has 0 atom stereocenters. The van der Waals surface area contributed by atoms with Crippen LogP contribution in [-0.2, 0) is 16.1 Å². The summed E-state index contributed by atoms with van der Waals surface area (Å²) in [4.78, 5) is 17.8. The Morgan fingerprint density at radius 1 is 1.56 bits per heavy atom. The fourth-order valence-corrected chi connectivity index (χ4v) is 1.94. The number of rotatable bonds is 4. The monoisotopic (exact) mass is 269 g/mol. The van der Waals surface area contributed by atoms with Crippen molar-refractivity contribution in [1.82, 2.24) is 9.88 Å². The number of hydrogen-bond acceptors (Lipinski definition) is 4. The Morgan fingerprint density at radius 3 is 3.11 bits per heavy atom. The first-order valence-corrected chi connectivity index (χ1v) is 6.33. The number of aromatic nitrogens is 1. The molecule has 1 aliphatic rings. The fourth-order valence-electron chi connectivity index (χ4n) is 1.77. The summed E-state index contributed by atoms with van der Waals surface area (Å²) in [6.45, 7) is 4.52. The van der Waals surface area contributed by atoms with Gasteiger partial charge in [-0.25, -0.2) is 4.98 Å². The van der Waals surface area contributed by atoms with Crippen LogP contribution in [0, 0.1) is 0 Å². The molecule has 1 N–H and O–H groups in total. The first-order chi connectivity index (χ1) is 8.70. The van der Waals surface area contributed by atoms with Crippen molar-refractivity contribution >= 4 is 23.3 Å². The molecule has 0 spiro atoms. The number of carbonyl (C=O) groups excluding carboxylic acids is 1. The Morgan fingerprint density at radius 2 is 2.39 bits per heavy atom. The minimum atomic E-state index is -0.0204. The molecular formula is C12H16ClN3O2. The molecule has 1 aliphatic heterocycles. The minimum Gasteiger partial charge on any atom is -0.370 e.